The molecule has 0 aromatic heterocycles. The number of hydrogen-bond donors (Lipinski definition) is 1. The van der Waals surface area contributed by atoms with Crippen LogP contribution < -0.4 is 5.73 Å². The van der Waals surface area contributed by atoms with Gasteiger partial charge in [-0.05, 0) is 18.2 Å². The van der Waals surface area contributed by atoms with E-state index < -0.39 is 17.7 Å². The molecular formula is C9H8F2N2O. The average molecular weight is 198 g/mol. The number of benzene rings is 1. The van der Waals surface area contributed by atoms with Gasteiger partial charge in [-0.15, -0.1) is 0 Å². The molecule has 0 saturated carbocycles. The van der Waals surface area contributed by atoms with Crippen LogP contribution in [0, 0.1) is 11.6 Å². The molecule has 2 N–H and O–H groups in total. The molecule has 3 nitrogen and oxygen atoms in total. The van der Waals surface area contributed by atoms with Crippen molar-refractivity contribution < 1.29 is 13.5 Å². The first-order chi connectivity index (χ1) is 6.66. The van der Waals surface area contributed by atoms with E-state index in [4.69, 9.17) is 10.5 Å². The maximum absolute atomic E-state index is 13.2. The summed E-state index contributed by atoms with van der Waals surface area (Å²) in [6.07, 6.45) is 0. The SMILES string of the molecule is NC1=N[C@H](c2cc(F)ccc2F)CO1. The molecule has 14 heavy (non-hydrogen) atoms. The number of nitrogens with zero attached hydrogens (tertiary/aromatic N) is 1. The third-order valence-electron chi connectivity index (χ3n) is 1.99. The molecule has 1 atom stereocenters. The Balaban J connectivity index is 2.36. The normalized spacial score (nSPS) is 20.4. The minimum Gasteiger partial charge on any atom is -0.463 e. The molecule has 74 valence electrons. The van der Waals surface area contributed by atoms with Crippen LogP contribution in [0.1, 0.15) is 11.6 Å². The van der Waals surface area contributed by atoms with E-state index in [0.717, 1.165) is 18.2 Å². The van der Waals surface area contributed by atoms with Crippen LogP contribution in [-0.4, -0.2) is 12.6 Å². The van der Waals surface area contributed by atoms with Crippen molar-refractivity contribution in [1.82, 2.24) is 0 Å². The molecular weight excluding hydrogens is 190 g/mol. The van der Waals surface area contributed by atoms with Crippen LogP contribution in [0.2, 0.25) is 0 Å². The molecule has 0 fully saturated rings. The van der Waals surface area contributed by atoms with Crippen molar-refractivity contribution in [2.24, 2.45) is 10.7 Å². The van der Waals surface area contributed by atoms with E-state index in [1.54, 1.807) is 0 Å². The van der Waals surface area contributed by atoms with Crippen LogP contribution in [0.3, 0.4) is 0 Å². The molecule has 1 aliphatic rings. The van der Waals surface area contributed by atoms with Crippen molar-refractivity contribution in [2.75, 3.05) is 6.61 Å². The fourth-order valence-electron chi connectivity index (χ4n) is 1.32. The number of hydrogen-bond acceptors (Lipinski definition) is 3. The number of ether oxygens (including phenoxy) is 1. The van der Waals surface area contributed by atoms with Gasteiger partial charge in [0, 0.05) is 5.56 Å². The first-order valence-corrected chi connectivity index (χ1v) is 4.08. The number of nitrogens with two attached hydrogens (primary N) is 1. The lowest BCUT2D eigenvalue weighted by atomic mass is 10.1. The fraction of sp³-hybridized carbons (Fsp3) is 0.222. The zero-order chi connectivity index (χ0) is 10.1. The van der Waals surface area contributed by atoms with Crippen molar-refractivity contribution in [3.8, 4) is 0 Å². The Morgan fingerprint density at radius 1 is 1.43 bits per heavy atom. The predicted octanol–water partition coefficient (Wildman–Crippen LogP) is 1.35. The van der Waals surface area contributed by atoms with Gasteiger partial charge in [0.25, 0.3) is 6.02 Å². The molecule has 0 bridgehead atoms. The maximum Gasteiger partial charge on any atom is 0.282 e. The molecule has 0 spiro atoms. The summed E-state index contributed by atoms with van der Waals surface area (Å²) in [5, 5.41) is 0. The second kappa shape index (κ2) is 3.25. The highest BCUT2D eigenvalue weighted by atomic mass is 19.1. The summed E-state index contributed by atoms with van der Waals surface area (Å²) in [5.74, 6) is -1.000. The molecule has 1 aromatic carbocycles. The minimum atomic E-state index is -0.536. The van der Waals surface area contributed by atoms with Gasteiger partial charge in [-0.25, -0.2) is 13.8 Å². The topological polar surface area (TPSA) is 47.6 Å². The lowest BCUT2D eigenvalue weighted by Gasteiger charge is -2.06. The molecule has 0 saturated heterocycles. The summed E-state index contributed by atoms with van der Waals surface area (Å²) in [4.78, 5) is 3.83. The average Bonchev–Trinajstić information content (AvgIpc) is 2.56. The van der Waals surface area contributed by atoms with E-state index in [2.05, 4.69) is 4.99 Å². The first kappa shape index (κ1) is 8.93. The van der Waals surface area contributed by atoms with Crippen LogP contribution in [-0.2, 0) is 4.74 Å². The summed E-state index contributed by atoms with van der Waals surface area (Å²) >= 11 is 0. The summed E-state index contributed by atoms with van der Waals surface area (Å²) in [7, 11) is 0. The lowest BCUT2D eigenvalue weighted by Crippen LogP contribution is -2.10. The molecule has 2 rings (SSSR count). The Labute approximate surface area is 79.2 Å². The quantitative estimate of drug-likeness (QED) is 0.740. The second-order valence-corrected chi connectivity index (χ2v) is 2.96. The molecule has 0 amide bonds. The third kappa shape index (κ3) is 1.53. The smallest absolute Gasteiger partial charge is 0.282 e. The number of aliphatic imine (C=N–C) groups is 1. The Bertz CT molecular complexity index is 392. The highest BCUT2D eigenvalue weighted by Gasteiger charge is 2.22. The predicted molar refractivity (Wildman–Crippen MR) is 46.7 cm³/mol. The van der Waals surface area contributed by atoms with Crippen molar-refractivity contribution in [2.45, 2.75) is 6.04 Å². The van der Waals surface area contributed by atoms with E-state index in [1.165, 1.54) is 0 Å². The van der Waals surface area contributed by atoms with Crippen molar-refractivity contribution in [3.05, 3.63) is 35.4 Å². The van der Waals surface area contributed by atoms with Crippen LogP contribution in [0.25, 0.3) is 0 Å². The zero-order valence-corrected chi connectivity index (χ0v) is 7.21. The van der Waals surface area contributed by atoms with Gasteiger partial charge >= 0.3 is 0 Å². The molecule has 1 aromatic rings. The zero-order valence-electron chi connectivity index (χ0n) is 7.21. The molecule has 5 heteroatoms. The Hall–Kier alpha value is -1.65. The van der Waals surface area contributed by atoms with Gasteiger partial charge in [0.2, 0.25) is 0 Å². The molecule has 0 aliphatic carbocycles. The van der Waals surface area contributed by atoms with Crippen molar-refractivity contribution in [3.63, 3.8) is 0 Å². The monoisotopic (exact) mass is 198 g/mol. The van der Waals surface area contributed by atoms with Gasteiger partial charge in [0.15, 0.2) is 0 Å². The molecule has 1 aliphatic heterocycles. The second-order valence-electron chi connectivity index (χ2n) is 2.96. The third-order valence-corrected chi connectivity index (χ3v) is 1.99. The molecule has 0 radical (unpaired) electrons. The Morgan fingerprint density at radius 2 is 2.21 bits per heavy atom. The van der Waals surface area contributed by atoms with Crippen molar-refractivity contribution in [1.29, 1.82) is 0 Å². The van der Waals surface area contributed by atoms with E-state index in [9.17, 15) is 8.78 Å². The largest absolute Gasteiger partial charge is 0.463 e. The Morgan fingerprint density at radius 3 is 2.86 bits per heavy atom. The van der Waals surface area contributed by atoms with E-state index in [1.807, 2.05) is 0 Å². The number of amidine groups is 1. The summed E-state index contributed by atoms with van der Waals surface area (Å²) in [6.45, 7) is 0.159. The van der Waals surface area contributed by atoms with Crippen LogP contribution in [0.4, 0.5) is 8.78 Å². The summed E-state index contributed by atoms with van der Waals surface area (Å²) in [6, 6.07) is 2.70. The standard InChI is InChI=1S/C9H8F2N2O/c10-5-1-2-7(11)6(3-5)8-4-14-9(12)13-8/h1-3,8H,4H2,(H2,12,13)/t8-/m0/s1. The van der Waals surface area contributed by atoms with Gasteiger partial charge in [-0.1, -0.05) is 0 Å². The maximum atomic E-state index is 13.2. The van der Waals surface area contributed by atoms with Gasteiger partial charge in [-0.3, -0.25) is 0 Å². The van der Waals surface area contributed by atoms with E-state index in [0.29, 0.717) is 0 Å². The number of rotatable bonds is 1. The fourth-order valence-corrected chi connectivity index (χ4v) is 1.32. The van der Waals surface area contributed by atoms with Gasteiger partial charge in [-0.2, -0.15) is 0 Å². The van der Waals surface area contributed by atoms with Crippen LogP contribution in [0.15, 0.2) is 23.2 Å². The molecule has 1 heterocycles. The lowest BCUT2D eigenvalue weighted by molar-refractivity contribution is 0.312. The number of halogens is 2. The summed E-state index contributed by atoms with van der Waals surface area (Å²) in [5.41, 5.74) is 5.43. The Kier molecular flexibility index (Phi) is 2.07. The minimum absolute atomic E-state index is 0.0126. The van der Waals surface area contributed by atoms with E-state index in [-0.39, 0.29) is 18.2 Å². The van der Waals surface area contributed by atoms with Crippen LogP contribution >= 0.6 is 0 Å². The van der Waals surface area contributed by atoms with Gasteiger partial charge < -0.3 is 10.5 Å². The van der Waals surface area contributed by atoms with Crippen LogP contribution in [0.5, 0.6) is 0 Å². The highest BCUT2D eigenvalue weighted by Crippen LogP contribution is 2.25. The van der Waals surface area contributed by atoms with Gasteiger partial charge in [0.05, 0.1) is 0 Å². The molecule has 0 unspecified atom stereocenters. The first-order valence-electron chi connectivity index (χ1n) is 4.08. The van der Waals surface area contributed by atoms with Crippen molar-refractivity contribution >= 4 is 6.02 Å². The highest BCUT2D eigenvalue weighted by molar-refractivity contribution is 5.73. The summed E-state index contributed by atoms with van der Waals surface area (Å²) < 4.78 is 30.9. The van der Waals surface area contributed by atoms with E-state index >= 15 is 0 Å². The van der Waals surface area contributed by atoms with Gasteiger partial charge in [0.1, 0.15) is 24.3 Å².